The summed E-state index contributed by atoms with van der Waals surface area (Å²) >= 11 is 0. The SMILES string of the molecule is CCc1nc(CC(=O)NN=C(C)C)nn1CC. The molecule has 0 unspecified atom stereocenters. The Kier molecular flexibility index (Phi) is 4.81. The smallest absolute Gasteiger partial charge is 0.247 e. The van der Waals surface area contributed by atoms with Gasteiger partial charge in [0.05, 0.1) is 6.42 Å². The topological polar surface area (TPSA) is 72.2 Å². The van der Waals surface area contributed by atoms with Crippen molar-refractivity contribution in [3.8, 4) is 0 Å². The lowest BCUT2D eigenvalue weighted by Crippen LogP contribution is -2.21. The van der Waals surface area contributed by atoms with Gasteiger partial charge in [0, 0.05) is 18.7 Å². The molecule has 0 bridgehead atoms. The molecule has 1 aromatic heterocycles. The number of aromatic nitrogens is 3. The Labute approximate surface area is 101 Å². The van der Waals surface area contributed by atoms with Crippen molar-refractivity contribution in [2.45, 2.75) is 47.1 Å². The van der Waals surface area contributed by atoms with Gasteiger partial charge in [0.25, 0.3) is 0 Å². The van der Waals surface area contributed by atoms with Crippen LogP contribution in [0.5, 0.6) is 0 Å². The molecule has 0 aliphatic heterocycles. The van der Waals surface area contributed by atoms with Gasteiger partial charge in [-0.15, -0.1) is 0 Å². The Bertz CT molecular complexity index is 396. The summed E-state index contributed by atoms with van der Waals surface area (Å²) in [5, 5.41) is 8.11. The molecule has 94 valence electrons. The van der Waals surface area contributed by atoms with Crippen molar-refractivity contribution in [2.24, 2.45) is 5.10 Å². The summed E-state index contributed by atoms with van der Waals surface area (Å²) < 4.78 is 1.82. The molecule has 6 nitrogen and oxygen atoms in total. The van der Waals surface area contributed by atoms with E-state index in [0.717, 1.165) is 24.5 Å². The molecule has 0 aromatic carbocycles. The first-order valence-electron chi connectivity index (χ1n) is 5.79. The first-order valence-corrected chi connectivity index (χ1v) is 5.79. The molecular formula is C11H19N5O. The van der Waals surface area contributed by atoms with Crippen molar-refractivity contribution in [1.29, 1.82) is 0 Å². The third-order valence-electron chi connectivity index (χ3n) is 2.13. The number of carbonyl (C=O) groups is 1. The van der Waals surface area contributed by atoms with Crippen LogP contribution in [0.25, 0.3) is 0 Å². The third kappa shape index (κ3) is 3.97. The van der Waals surface area contributed by atoms with E-state index < -0.39 is 0 Å². The normalized spacial score (nSPS) is 10.1. The van der Waals surface area contributed by atoms with Crippen molar-refractivity contribution in [1.82, 2.24) is 20.2 Å². The molecule has 0 saturated heterocycles. The van der Waals surface area contributed by atoms with Gasteiger partial charge < -0.3 is 0 Å². The van der Waals surface area contributed by atoms with Crippen LogP contribution in [0.15, 0.2) is 5.10 Å². The maximum atomic E-state index is 11.5. The first kappa shape index (κ1) is 13.3. The highest BCUT2D eigenvalue weighted by Crippen LogP contribution is 2.00. The van der Waals surface area contributed by atoms with E-state index in [1.165, 1.54) is 0 Å². The van der Waals surface area contributed by atoms with Crippen molar-refractivity contribution in [3.63, 3.8) is 0 Å². The van der Waals surface area contributed by atoms with Gasteiger partial charge in [0.2, 0.25) is 5.91 Å². The number of hydrogen-bond acceptors (Lipinski definition) is 4. The van der Waals surface area contributed by atoms with Crippen LogP contribution >= 0.6 is 0 Å². The maximum absolute atomic E-state index is 11.5. The fourth-order valence-corrected chi connectivity index (χ4v) is 1.37. The molecule has 1 rings (SSSR count). The summed E-state index contributed by atoms with van der Waals surface area (Å²) in [5.74, 6) is 1.26. The zero-order valence-electron chi connectivity index (χ0n) is 10.8. The van der Waals surface area contributed by atoms with Crippen molar-refractivity contribution in [3.05, 3.63) is 11.6 Å². The molecule has 1 aromatic rings. The van der Waals surface area contributed by atoms with Crippen molar-refractivity contribution >= 4 is 11.6 Å². The number of amides is 1. The molecule has 0 aliphatic rings. The van der Waals surface area contributed by atoms with Gasteiger partial charge in [-0.25, -0.2) is 10.4 Å². The second kappa shape index (κ2) is 6.12. The van der Waals surface area contributed by atoms with Gasteiger partial charge in [-0.2, -0.15) is 10.2 Å². The molecule has 0 fully saturated rings. The molecule has 0 spiro atoms. The van der Waals surface area contributed by atoms with Crippen LogP contribution in [-0.4, -0.2) is 26.4 Å². The Morgan fingerprint density at radius 2 is 2.12 bits per heavy atom. The zero-order chi connectivity index (χ0) is 12.8. The lowest BCUT2D eigenvalue weighted by Gasteiger charge is -1.97. The molecule has 0 radical (unpaired) electrons. The number of hydrogen-bond donors (Lipinski definition) is 1. The molecule has 6 heteroatoms. The highest BCUT2D eigenvalue weighted by atomic mass is 16.2. The zero-order valence-corrected chi connectivity index (χ0v) is 10.8. The highest BCUT2D eigenvalue weighted by molar-refractivity contribution is 5.83. The summed E-state index contributed by atoms with van der Waals surface area (Å²) in [7, 11) is 0. The molecule has 1 heterocycles. The van der Waals surface area contributed by atoms with E-state index >= 15 is 0 Å². The number of nitrogens with zero attached hydrogens (tertiary/aromatic N) is 4. The number of rotatable bonds is 5. The fraction of sp³-hybridized carbons (Fsp3) is 0.636. The molecule has 1 amide bonds. The summed E-state index contributed by atoms with van der Waals surface area (Å²) in [4.78, 5) is 15.8. The third-order valence-corrected chi connectivity index (χ3v) is 2.13. The lowest BCUT2D eigenvalue weighted by molar-refractivity contribution is -0.120. The van der Waals surface area contributed by atoms with Crippen molar-refractivity contribution in [2.75, 3.05) is 0 Å². The quantitative estimate of drug-likeness (QED) is 0.611. The van der Waals surface area contributed by atoms with Crippen molar-refractivity contribution < 1.29 is 4.79 Å². The summed E-state index contributed by atoms with van der Waals surface area (Å²) in [6, 6.07) is 0. The molecule has 1 N–H and O–H groups in total. The van der Waals surface area contributed by atoms with E-state index in [0.29, 0.717) is 5.82 Å². The van der Waals surface area contributed by atoms with Gasteiger partial charge in [-0.05, 0) is 20.8 Å². The van der Waals surface area contributed by atoms with Crippen LogP contribution < -0.4 is 5.43 Å². The average Bonchev–Trinajstić information content (AvgIpc) is 2.68. The van der Waals surface area contributed by atoms with Gasteiger partial charge in [0.15, 0.2) is 5.82 Å². The van der Waals surface area contributed by atoms with Gasteiger partial charge in [-0.1, -0.05) is 6.92 Å². The molecule has 0 aliphatic carbocycles. The van der Waals surface area contributed by atoms with Crippen LogP contribution in [0.2, 0.25) is 0 Å². The van der Waals surface area contributed by atoms with E-state index in [4.69, 9.17) is 0 Å². The van der Waals surface area contributed by atoms with Crippen LogP contribution in [0.4, 0.5) is 0 Å². The largest absolute Gasteiger partial charge is 0.273 e. The van der Waals surface area contributed by atoms with E-state index in [1.807, 2.05) is 32.4 Å². The van der Waals surface area contributed by atoms with Crippen LogP contribution in [0.1, 0.15) is 39.3 Å². The van der Waals surface area contributed by atoms with Gasteiger partial charge >= 0.3 is 0 Å². The minimum absolute atomic E-state index is 0.163. The Hall–Kier alpha value is -1.72. The standard InChI is InChI=1S/C11H19N5O/c1-5-10-12-9(15-16(10)6-2)7-11(17)14-13-8(3)4/h5-7H2,1-4H3,(H,14,17). The summed E-state index contributed by atoms with van der Waals surface area (Å²) in [6.45, 7) is 8.43. The molecule has 0 saturated carbocycles. The molecule has 0 atom stereocenters. The van der Waals surface area contributed by atoms with Gasteiger partial charge in [0.1, 0.15) is 5.82 Å². The maximum Gasteiger partial charge on any atom is 0.247 e. The predicted octanol–water partition coefficient (Wildman–Crippen LogP) is 0.915. The van der Waals surface area contributed by atoms with E-state index in [1.54, 1.807) is 0 Å². The van der Waals surface area contributed by atoms with Crippen LogP contribution in [0, 0.1) is 0 Å². The van der Waals surface area contributed by atoms with Crippen LogP contribution in [-0.2, 0) is 24.2 Å². The second-order valence-electron chi connectivity index (χ2n) is 3.88. The average molecular weight is 237 g/mol. The molecular weight excluding hydrogens is 218 g/mol. The highest BCUT2D eigenvalue weighted by Gasteiger charge is 2.10. The summed E-state index contributed by atoms with van der Waals surface area (Å²) in [6.07, 6.45) is 0.978. The summed E-state index contributed by atoms with van der Waals surface area (Å²) in [5.41, 5.74) is 3.26. The van der Waals surface area contributed by atoms with E-state index in [2.05, 4.69) is 20.6 Å². The first-order chi connectivity index (χ1) is 8.06. The monoisotopic (exact) mass is 237 g/mol. The van der Waals surface area contributed by atoms with Gasteiger partial charge in [-0.3, -0.25) is 9.48 Å². The Balaban J connectivity index is 2.65. The van der Waals surface area contributed by atoms with E-state index in [-0.39, 0.29) is 12.3 Å². The Morgan fingerprint density at radius 3 is 2.59 bits per heavy atom. The lowest BCUT2D eigenvalue weighted by atomic mass is 10.4. The van der Waals surface area contributed by atoms with Crippen LogP contribution in [0.3, 0.4) is 0 Å². The predicted molar refractivity (Wildman–Crippen MR) is 65.7 cm³/mol. The number of carbonyl (C=O) groups excluding carboxylic acids is 1. The minimum atomic E-state index is -0.192. The number of hydrazone groups is 1. The van der Waals surface area contributed by atoms with E-state index in [9.17, 15) is 4.79 Å². The Morgan fingerprint density at radius 1 is 1.41 bits per heavy atom. The fourth-order valence-electron chi connectivity index (χ4n) is 1.37. The molecule has 17 heavy (non-hydrogen) atoms. The minimum Gasteiger partial charge on any atom is -0.273 e. The second-order valence-corrected chi connectivity index (χ2v) is 3.88. The number of aryl methyl sites for hydroxylation is 2. The number of nitrogens with one attached hydrogen (secondary N) is 1.